The fourth-order valence-corrected chi connectivity index (χ4v) is 7.77. The van der Waals surface area contributed by atoms with Gasteiger partial charge in [0.25, 0.3) is 0 Å². The minimum absolute atomic E-state index is 0. The first-order valence-corrected chi connectivity index (χ1v) is 20.2. The van der Waals surface area contributed by atoms with Gasteiger partial charge in [-0.1, -0.05) is 152 Å². The molecule has 3 nitrogen and oxygen atoms in total. The number of hydrogen-bond acceptors (Lipinski definition) is 3. The van der Waals surface area contributed by atoms with Crippen molar-refractivity contribution >= 4 is 43.5 Å². The Balaban J connectivity index is 0.000000278. The van der Waals surface area contributed by atoms with Gasteiger partial charge in [0.1, 0.15) is 5.58 Å². The summed E-state index contributed by atoms with van der Waals surface area (Å²) < 4.78 is 44.7. The van der Waals surface area contributed by atoms with Crippen molar-refractivity contribution in [3.05, 3.63) is 168 Å². The van der Waals surface area contributed by atoms with Gasteiger partial charge >= 0.3 is 0 Å². The molecule has 9 aromatic rings. The molecule has 0 bridgehead atoms. The van der Waals surface area contributed by atoms with Gasteiger partial charge in [-0.05, 0) is 90.1 Å². The van der Waals surface area contributed by atoms with Crippen molar-refractivity contribution in [3.63, 3.8) is 0 Å². The van der Waals surface area contributed by atoms with E-state index in [1.807, 2.05) is 30.3 Å². The van der Waals surface area contributed by atoms with Crippen LogP contribution in [0.1, 0.15) is 88.7 Å². The van der Waals surface area contributed by atoms with Crippen LogP contribution in [0.5, 0.6) is 0 Å². The minimum atomic E-state index is -2.34. The Hall–Kier alpha value is -5.48. The topological polar surface area (TPSA) is 38.9 Å². The van der Waals surface area contributed by atoms with E-state index in [1.165, 1.54) is 40.2 Å². The van der Waals surface area contributed by atoms with Crippen LogP contribution in [0.2, 0.25) is 0 Å². The maximum Gasteiger partial charge on any atom is 0.128 e. The summed E-state index contributed by atoms with van der Waals surface area (Å²) in [6.45, 7) is 17.2. The number of benzene rings is 6. The van der Waals surface area contributed by atoms with Crippen LogP contribution in [-0.2, 0) is 36.4 Å². The molecular formula is C55H51FIrN2O-2. The third kappa shape index (κ3) is 8.31. The van der Waals surface area contributed by atoms with Crippen molar-refractivity contribution < 1.29 is 33.0 Å². The second-order valence-corrected chi connectivity index (χ2v) is 18.5. The van der Waals surface area contributed by atoms with E-state index in [0.717, 1.165) is 49.5 Å². The van der Waals surface area contributed by atoms with Gasteiger partial charge in [0.05, 0.1) is 5.58 Å². The minimum Gasteiger partial charge on any atom is -0.500 e. The Bertz CT molecular complexity index is 3130. The van der Waals surface area contributed by atoms with Crippen molar-refractivity contribution in [2.75, 3.05) is 0 Å². The molecule has 0 N–H and O–H groups in total. The van der Waals surface area contributed by atoms with E-state index in [0.29, 0.717) is 22.4 Å². The SMILES string of the molecule is CC(C)(C)c1ccnc(-c2[c-]cc(F)cc2)c1.[2H]C([2H])([2H])c1cnc(-c2[c-]ccc3c2oc2c3ccc3c4ccccc4ccc32)cc1-c1ccc(C(C)(C)C)cc1C(C)(C)C.[Ir]. The van der Waals surface area contributed by atoms with Gasteiger partial charge in [0.15, 0.2) is 0 Å². The third-order valence-corrected chi connectivity index (χ3v) is 11.1. The fourth-order valence-electron chi connectivity index (χ4n) is 7.77. The van der Waals surface area contributed by atoms with Gasteiger partial charge in [-0.2, -0.15) is 0 Å². The average molecular weight is 970 g/mol. The summed E-state index contributed by atoms with van der Waals surface area (Å²) in [6.07, 6.45) is 3.30. The summed E-state index contributed by atoms with van der Waals surface area (Å²) in [6, 6.07) is 44.0. The smallest absolute Gasteiger partial charge is 0.128 e. The zero-order valence-electron chi connectivity index (χ0n) is 38.6. The van der Waals surface area contributed by atoms with E-state index in [1.54, 1.807) is 12.3 Å². The van der Waals surface area contributed by atoms with Crippen LogP contribution < -0.4 is 0 Å². The van der Waals surface area contributed by atoms with Gasteiger partial charge in [-0.15, -0.1) is 48.0 Å². The van der Waals surface area contributed by atoms with Gasteiger partial charge in [-0.3, -0.25) is 4.39 Å². The van der Waals surface area contributed by atoms with E-state index in [4.69, 9.17) is 13.5 Å². The summed E-state index contributed by atoms with van der Waals surface area (Å²) in [5.41, 5.74) is 9.61. The Morgan fingerprint density at radius 2 is 1.30 bits per heavy atom. The maximum absolute atomic E-state index is 12.8. The molecule has 0 saturated carbocycles. The average Bonchev–Trinajstić information content (AvgIpc) is 3.62. The first kappa shape index (κ1) is 38.7. The quantitative estimate of drug-likeness (QED) is 0.131. The molecule has 0 saturated heterocycles. The molecule has 1 radical (unpaired) electrons. The fraction of sp³-hybridized carbons (Fsp3) is 0.236. The van der Waals surface area contributed by atoms with E-state index < -0.39 is 6.85 Å². The summed E-state index contributed by atoms with van der Waals surface area (Å²) in [5, 5.41) is 6.56. The predicted octanol–water partition coefficient (Wildman–Crippen LogP) is 15.3. The number of hydrogen-bond donors (Lipinski definition) is 0. The number of aryl methyl sites for hydroxylation is 1. The zero-order valence-corrected chi connectivity index (χ0v) is 38.0. The summed E-state index contributed by atoms with van der Waals surface area (Å²) in [7, 11) is 0. The van der Waals surface area contributed by atoms with Crippen molar-refractivity contribution in [1.29, 1.82) is 0 Å². The number of rotatable bonds is 3. The summed E-state index contributed by atoms with van der Waals surface area (Å²) in [5.74, 6) is -0.277. The first-order valence-electron chi connectivity index (χ1n) is 21.7. The molecule has 0 aliphatic rings. The van der Waals surface area contributed by atoms with Gasteiger partial charge < -0.3 is 14.4 Å². The van der Waals surface area contributed by atoms with Crippen LogP contribution in [0, 0.1) is 24.8 Å². The van der Waals surface area contributed by atoms with E-state index in [-0.39, 0.29) is 47.7 Å². The summed E-state index contributed by atoms with van der Waals surface area (Å²) in [4.78, 5) is 9.02. The molecular weight excluding hydrogens is 916 g/mol. The number of pyridine rings is 2. The molecule has 305 valence electrons. The molecule has 0 unspecified atom stereocenters. The molecule has 6 aromatic carbocycles. The molecule has 0 aliphatic carbocycles. The number of halogens is 1. The monoisotopic (exact) mass is 970 g/mol. The van der Waals surface area contributed by atoms with Crippen LogP contribution in [0.15, 0.2) is 132 Å². The second-order valence-electron chi connectivity index (χ2n) is 18.5. The molecule has 0 fully saturated rings. The number of fused-ring (bicyclic) bond motifs is 7. The van der Waals surface area contributed by atoms with E-state index in [9.17, 15) is 4.39 Å². The normalized spacial score (nSPS) is 13.1. The van der Waals surface area contributed by atoms with Crippen molar-refractivity contribution in [2.24, 2.45) is 0 Å². The van der Waals surface area contributed by atoms with Crippen molar-refractivity contribution in [3.8, 4) is 33.6 Å². The third-order valence-electron chi connectivity index (χ3n) is 11.1. The number of furan rings is 1. The van der Waals surface area contributed by atoms with E-state index in [2.05, 4.69) is 146 Å². The molecule has 0 spiro atoms. The number of aromatic nitrogens is 2. The van der Waals surface area contributed by atoms with Crippen LogP contribution in [0.4, 0.5) is 4.39 Å². The van der Waals surface area contributed by atoms with Crippen LogP contribution in [0.25, 0.3) is 77.1 Å². The molecule has 0 atom stereocenters. The molecule has 5 heteroatoms. The molecule has 0 aliphatic heterocycles. The van der Waals surface area contributed by atoms with Crippen molar-refractivity contribution in [1.82, 2.24) is 9.97 Å². The van der Waals surface area contributed by atoms with E-state index >= 15 is 0 Å². The molecule has 60 heavy (non-hydrogen) atoms. The Morgan fingerprint density at radius 1 is 0.600 bits per heavy atom. The molecule has 0 amide bonds. The van der Waals surface area contributed by atoms with Crippen LogP contribution in [-0.4, -0.2) is 9.97 Å². The van der Waals surface area contributed by atoms with Crippen molar-refractivity contribution in [2.45, 2.75) is 85.4 Å². The van der Waals surface area contributed by atoms with Crippen LogP contribution >= 0.6 is 0 Å². The maximum atomic E-state index is 12.8. The first-order chi connectivity index (χ1) is 29.2. The predicted molar refractivity (Wildman–Crippen MR) is 246 cm³/mol. The summed E-state index contributed by atoms with van der Waals surface area (Å²) >= 11 is 0. The van der Waals surface area contributed by atoms with Gasteiger partial charge in [0, 0.05) is 53.2 Å². The van der Waals surface area contributed by atoms with Gasteiger partial charge in [-0.25, -0.2) is 0 Å². The molecule has 3 aromatic heterocycles. The number of nitrogens with zero attached hydrogens (tertiary/aromatic N) is 2. The largest absolute Gasteiger partial charge is 0.500 e. The zero-order chi connectivity index (χ0) is 44.4. The second kappa shape index (κ2) is 16.2. The van der Waals surface area contributed by atoms with Crippen LogP contribution in [0.3, 0.4) is 0 Å². The Labute approximate surface area is 371 Å². The Kier molecular flexibility index (Phi) is 10.4. The molecule has 3 heterocycles. The standard InChI is InChI=1S/C40H36NO.C15H15FN.Ir/c1-24-23-41-36(22-34(24)29-18-16-26(39(2,3)4)21-35(29)40(5,6)7)33-14-10-13-30-32-20-19-28-27-12-9-8-11-25(27)15-17-31(28)37(32)42-38(30)33;1-15(2,3)12-8-9-17-14(10-12)11-4-6-13(16)7-5-11;/h8-13,15-23H,1-7H3;4,6-10H,1-3H3;/q2*-1;/i1D3;;. The molecule has 9 rings (SSSR count). The Morgan fingerprint density at radius 3 is 2.02 bits per heavy atom. The van der Waals surface area contributed by atoms with Gasteiger partial charge in [0.2, 0.25) is 0 Å².